The molecule has 8 rings (SSSR count). The van der Waals surface area contributed by atoms with Crippen molar-refractivity contribution in [2.45, 2.75) is 27.7 Å². The van der Waals surface area contributed by atoms with Gasteiger partial charge in [-0.25, -0.2) is 0 Å². The van der Waals surface area contributed by atoms with Crippen molar-refractivity contribution < 1.29 is 0 Å². The van der Waals surface area contributed by atoms with Gasteiger partial charge in [0.2, 0.25) is 0 Å². The van der Waals surface area contributed by atoms with E-state index in [9.17, 15) is 0 Å². The minimum atomic E-state index is 1.10. The van der Waals surface area contributed by atoms with E-state index in [0.717, 1.165) is 22.6 Å². The highest BCUT2D eigenvalue weighted by molar-refractivity contribution is 6.04. The van der Waals surface area contributed by atoms with Crippen LogP contribution in [0.2, 0.25) is 0 Å². The first-order valence-electron chi connectivity index (χ1n) is 19.8. The van der Waals surface area contributed by atoms with Crippen LogP contribution in [0.5, 0.6) is 0 Å². The largest absolute Gasteiger partial charge is 0.310 e. The number of allylic oxidation sites excluding steroid dienone is 3. The molecule has 0 bridgehead atoms. The first-order chi connectivity index (χ1) is 27.9. The minimum absolute atomic E-state index is 1.10. The maximum atomic E-state index is 2.43. The summed E-state index contributed by atoms with van der Waals surface area (Å²) in [6, 6.07) is 70.0. The van der Waals surface area contributed by atoms with Gasteiger partial charge in [0.25, 0.3) is 0 Å². The summed E-state index contributed by atoms with van der Waals surface area (Å²) >= 11 is 0. The zero-order valence-electron chi connectivity index (χ0n) is 33.2. The lowest BCUT2D eigenvalue weighted by atomic mass is 9.93. The van der Waals surface area contributed by atoms with E-state index in [-0.39, 0.29) is 0 Å². The van der Waals surface area contributed by atoms with Gasteiger partial charge in [-0.15, -0.1) is 0 Å². The molecule has 0 spiro atoms. The molecule has 1 heteroatoms. The van der Waals surface area contributed by atoms with Crippen molar-refractivity contribution in [2.24, 2.45) is 0 Å². The van der Waals surface area contributed by atoms with Crippen molar-refractivity contribution in [3.8, 4) is 0 Å². The van der Waals surface area contributed by atoms with Crippen LogP contribution < -0.4 is 4.90 Å². The standard InChI is InChI=1S/C56H47N/c1-40-17-16-24-48(38-40)52(34-33-51(45-20-10-6-11-21-45)46-22-12-7-13-23-46)47-28-31-50(32-29-47)57(55-35-27-41(2)37-43(55)4)56-36-30-49(53-25-14-15-26-54(53)56)39-42(3)44-18-8-5-9-19-44/h5-39H,1-4H3/b42-39-,52-34-. The number of fused-ring (bicyclic) bond motifs is 1. The zero-order valence-corrected chi connectivity index (χ0v) is 33.2. The second-order valence-electron chi connectivity index (χ2n) is 14.8. The van der Waals surface area contributed by atoms with Crippen LogP contribution in [0, 0.1) is 20.8 Å². The summed E-state index contributed by atoms with van der Waals surface area (Å²) in [4.78, 5) is 2.43. The minimum Gasteiger partial charge on any atom is -0.310 e. The molecule has 0 fully saturated rings. The van der Waals surface area contributed by atoms with Crippen molar-refractivity contribution in [1.82, 2.24) is 0 Å². The van der Waals surface area contributed by atoms with Crippen LogP contribution in [0.25, 0.3) is 33.6 Å². The molecule has 0 aliphatic heterocycles. The smallest absolute Gasteiger partial charge is 0.0540 e. The third kappa shape index (κ3) is 8.20. The molecule has 0 atom stereocenters. The van der Waals surface area contributed by atoms with Gasteiger partial charge in [-0.3, -0.25) is 0 Å². The molecule has 0 amide bonds. The average Bonchev–Trinajstić information content (AvgIpc) is 3.25. The Labute approximate surface area is 338 Å². The molecule has 8 aromatic rings. The normalized spacial score (nSPS) is 11.7. The number of aryl methyl sites for hydroxylation is 3. The first-order valence-corrected chi connectivity index (χ1v) is 19.8. The van der Waals surface area contributed by atoms with Gasteiger partial charge in [0.05, 0.1) is 5.69 Å². The molecular formula is C56H47N. The molecule has 0 heterocycles. The predicted octanol–water partition coefficient (Wildman–Crippen LogP) is 15.4. The molecule has 0 unspecified atom stereocenters. The fraction of sp³-hybridized carbons (Fsp3) is 0.0714. The number of benzene rings is 8. The van der Waals surface area contributed by atoms with Gasteiger partial charge in [-0.2, -0.15) is 0 Å². The van der Waals surface area contributed by atoms with Gasteiger partial charge >= 0.3 is 0 Å². The van der Waals surface area contributed by atoms with Gasteiger partial charge in [-0.05, 0) is 113 Å². The van der Waals surface area contributed by atoms with E-state index in [1.54, 1.807) is 0 Å². The third-order valence-corrected chi connectivity index (χ3v) is 10.7. The highest BCUT2D eigenvalue weighted by Crippen LogP contribution is 2.42. The van der Waals surface area contributed by atoms with Crippen molar-refractivity contribution >= 4 is 50.6 Å². The fourth-order valence-corrected chi connectivity index (χ4v) is 7.83. The summed E-state index contributed by atoms with van der Waals surface area (Å²) in [5, 5.41) is 2.43. The van der Waals surface area contributed by atoms with Crippen LogP contribution in [0.15, 0.2) is 206 Å². The van der Waals surface area contributed by atoms with E-state index in [2.05, 4.69) is 245 Å². The Morgan fingerprint density at radius 2 is 0.912 bits per heavy atom. The van der Waals surface area contributed by atoms with Crippen molar-refractivity contribution in [3.05, 3.63) is 256 Å². The van der Waals surface area contributed by atoms with E-state index in [4.69, 9.17) is 0 Å². The van der Waals surface area contributed by atoms with Gasteiger partial charge in [0.1, 0.15) is 0 Å². The maximum absolute atomic E-state index is 2.43. The predicted molar refractivity (Wildman–Crippen MR) is 246 cm³/mol. The Morgan fingerprint density at radius 3 is 1.53 bits per heavy atom. The van der Waals surface area contributed by atoms with Crippen LogP contribution in [0.1, 0.15) is 57.0 Å². The van der Waals surface area contributed by atoms with Crippen LogP contribution >= 0.6 is 0 Å². The Hall–Kier alpha value is -6.96. The molecular weight excluding hydrogens is 687 g/mol. The monoisotopic (exact) mass is 733 g/mol. The van der Waals surface area contributed by atoms with E-state index in [1.165, 1.54) is 72.0 Å². The van der Waals surface area contributed by atoms with E-state index in [0.29, 0.717) is 0 Å². The quantitative estimate of drug-likeness (QED) is 0.0999. The molecule has 57 heavy (non-hydrogen) atoms. The second-order valence-corrected chi connectivity index (χ2v) is 14.8. The summed E-state index contributed by atoms with van der Waals surface area (Å²) in [5.74, 6) is 0. The van der Waals surface area contributed by atoms with Gasteiger partial charge < -0.3 is 4.90 Å². The van der Waals surface area contributed by atoms with Crippen LogP contribution in [-0.2, 0) is 0 Å². The van der Waals surface area contributed by atoms with E-state index < -0.39 is 0 Å². The Morgan fingerprint density at radius 1 is 0.404 bits per heavy atom. The Bertz CT molecular complexity index is 2690. The van der Waals surface area contributed by atoms with Gasteiger partial charge in [0, 0.05) is 16.8 Å². The summed E-state index contributed by atoms with van der Waals surface area (Å²) in [6.45, 7) is 8.74. The highest BCUT2D eigenvalue weighted by atomic mass is 15.1. The van der Waals surface area contributed by atoms with Crippen LogP contribution in [0.4, 0.5) is 17.1 Å². The highest BCUT2D eigenvalue weighted by Gasteiger charge is 2.19. The van der Waals surface area contributed by atoms with Gasteiger partial charge in [0.15, 0.2) is 0 Å². The zero-order chi connectivity index (χ0) is 39.1. The molecule has 0 aliphatic carbocycles. The molecule has 1 nitrogen and oxygen atoms in total. The van der Waals surface area contributed by atoms with Crippen molar-refractivity contribution in [2.75, 3.05) is 4.90 Å². The molecule has 0 N–H and O–H groups in total. The number of anilines is 3. The lowest BCUT2D eigenvalue weighted by Gasteiger charge is -2.29. The SMILES string of the molecule is C/C(=C/c1ccc(N(c2ccc(/C(=C/C=C(c3ccccc3)c3ccccc3)c3cccc(C)c3)cc2)c2ccc(C)cc2C)c2ccccc12)c1ccccc1. The van der Waals surface area contributed by atoms with Crippen LogP contribution in [-0.4, -0.2) is 0 Å². The van der Waals surface area contributed by atoms with Crippen molar-refractivity contribution in [3.63, 3.8) is 0 Å². The molecule has 8 aromatic carbocycles. The summed E-state index contributed by atoms with van der Waals surface area (Å²) < 4.78 is 0. The summed E-state index contributed by atoms with van der Waals surface area (Å²) in [5.41, 5.74) is 17.9. The topological polar surface area (TPSA) is 3.24 Å². The van der Waals surface area contributed by atoms with Crippen LogP contribution in [0.3, 0.4) is 0 Å². The average molecular weight is 734 g/mol. The first kappa shape index (κ1) is 37.0. The molecule has 0 saturated heterocycles. The lowest BCUT2D eigenvalue weighted by Crippen LogP contribution is -2.12. The maximum Gasteiger partial charge on any atom is 0.0540 e. The number of hydrogen-bond donors (Lipinski definition) is 0. The Kier molecular flexibility index (Phi) is 10.9. The fourth-order valence-electron chi connectivity index (χ4n) is 7.83. The summed E-state index contributed by atoms with van der Waals surface area (Å²) in [7, 11) is 0. The summed E-state index contributed by atoms with van der Waals surface area (Å²) in [6.07, 6.45) is 6.88. The van der Waals surface area contributed by atoms with Crippen molar-refractivity contribution in [1.29, 1.82) is 0 Å². The number of nitrogens with zero attached hydrogens (tertiary/aromatic N) is 1. The van der Waals surface area contributed by atoms with E-state index in [1.807, 2.05) is 0 Å². The molecule has 0 radical (unpaired) electrons. The molecule has 0 saturated carbocycles. The Balaban J connectivity index is 1.26. The van der Waals surface area contributed by atoms with Gasteiger partial charge in [-0.1, -0.05) is 199 Å². The molecule has 276 valence electrons. The second kappa shape index (κ2) is 16.8. The molecule has 0 aromatic heterocycles. The van der Waals surface area contributed by atoms with E-state index >= 15 is 0 Å². The number of rotatable bonds is 10. The number of hydrogen-bond acceptors (Lipinski definition) is 1. The third-order valence-electron chi connectivity index (χ3n) is 10.7. The lowest BCUT2D eigenvalue weighted by molar-refractivity contribution is 1.25. The molecule has 0 aliphatic rings.